The molecule has 2 aromatic rings. The summed E-state index contributed by atoms with van der Waals surface area (Å²) in [5.74, 6) is -2.35. The summed E-state index contributed by atoms with van der Waals surface area (Å²) in [6.45, 7) is 0.997. The van der Waals surface area contributed by atoms with Crippen LogP contribution in [0.4, 0.5) is 11.4 Å². The van der Waals surface area contributed by atoms with Crippen molar-refractivity contribution >= 4 is 58.1 Å². The van der Waals surface area contributed by atoms with Crippen LogP contribution in [0.25, 0.3) is 0 Å². The van der Waals surface area contributed by atoms with Gasteiger partial charge in [0, 0.05) is 29.2 Å². The number of hydrogen-bond acceptors (Lipinski definition) is 5. The number of anilines is 2. The van der Waals surface area contributed by atoms with Crippen molar-refractivity contribution in [3.05, 3.63) is 58.1 Å². The third-order valence-corrected chi connectivity index (χ3v) is 5.11. The Balaban J connectivity index is 1.56. The maximum absolute atomic E-state index is 12.3. The first-order chi connectivity index (χ1) is 14.2. The molecule has 30 heavy (non-hydrogen) atoms. The standard InChI is InChI=1S/C21H18Cl2N2O5/c1-12(26)13-3-2-4-16(7-13)24-19(27)11-30-21(29)14-8-20(28)25(10-14)18-9-15(22)5-6-17(18)23/h2-7,9,14H,8,10-11H2,1H3,(H,24,27)/t14-/m1/s1. The lowest BCUT2D eigenvalue weighted by Crippen LogP contribution is -2.28. The summed E-state index contributed by atoms with van der Waals surface area (Å²) >= 11 is 12.1. The van der Waals surface area contributed by atoms with E-state index in [9.17, 15) is 19.2 Å². The number of ether oxygens (including phenoxy) is 1. The normalized spacial score (nSPS) is 15.8. The fraction of sp³-hybridized carbons (Fsp3) is 0.238. The second-order valence-electron chi connectivity index (χ2n) is 6.79. The number of amides is 2. The lowest BCUT2D eigenvalue weighted by Gasteiger charge is -2.18. The highest BCUT2D eigenvalue weighted by Crippen LogP contribution is 2.33. The highest BCUT2D eigenvalue weighted by molar-refractivity contribution is 6.35. The number of esters is 1. The smallest absolute Gasteiger partial charge is 0.311 e. The zero-order valence-corrected chi connectivity index (χ0v) is 17.5. The van der Waals surface area contributed by atoms with E-state index in [2.05, 4.69) is 5.32 Å². The Kier molecular flexibility index (Phi) is 6.74. The molecular formula is C21H18Cl2N2O5. The zero-order valence-electron chi connectivity index (χ0n) is 16.0. The molecule has 9 heteroatoms. The van der Waals surface area contributed by atoms with E-state index >= 15 is 0 Å². The molecule has 3 rings (SSSR count). The molecule has 0 spiro atoms. The van der Waals surface area contributed by atoms with Gasteiger partial charge in [-0.05, 0) is 37.3 Å². The van der Waals surface area contributed by atoms with Crippen molar-refractivity contribution in [3.8, 4) is 0 Å². The van der Waals surface area contributed by atoms with E-state index in [1.807, 2.05) is 0 Å². The number of carbonyl (C=O) groups excluding carboxylic acids is 4. The Bertz CT molecular complexity index is 1020. The Morgan fingerprint density at radius 1 is 1.17 bits per heavy atom. The van der Waals surface area contributed by atoms with Crippen LogP contribution < -0.4 is 10.2 Å². The molecule has 0 aliphatic carbocycles. The Morgan fingerprint density at radius 3 is 2.67 bits per heavy atom. The summed E-state index contributed by atoms with van der Waals surface area (Å²) in [5.41, 5.74) is 1.29. The van der Waals surface area contributed by atoms with Gasteiger partial charge in [-0.15, -0.1) is 0 Å². The third-order valence-electron chi connectivity index (χ3n) is 4.56. The summed E-state index contributed by atoms with van der Waals surface area (Å²) in [4.78, 5) is 49.5. The van der Waals surface area contributed by atoms with Crippen LogP contribution >= 0.6 is 23.2 Å². The van der Waals surface area contributed by atoms with Crippen LogP contribution in [0.2, 0.25) is 10.0 Å². The van der Waals surface area contributed by atoms with Crippen molar-refractivity contribution in [3.63, 3.8) is 0 Å². The second-order valence-corrected chi connectivity index (χ2v) is 7.64. The number of benzene rings is 2. The number of halogens is 2. The number of carbonyl (C=O) groups is 4. The van der Waals surface area contributed by atoms with Crippen molar-refractivity contribution in [2.45, 2.75) is 13.3 Å². The van der Waals surface area contributed by atoms with Crippen molar-refractivity contribution in [2.24, 2.45) is 5.92 Å². The van der Waals surface area contributed by atoms with Crippen molar-refractivity contribution < 1.29 is 23.9 Å². The minimum Gasteiger partial charge on any atom is -0.455 e. The van der Waals surface area contributed by atoms with Gasteiger partial charge in [0.2, 0.25) is 5.91 Å². The van der Waals surface area contributed by atoms with E-state index in [-0.39, 0.29) is 24.7 Å². The molecule has 1 fully saturated rings. The molecular weight excluding hydrogens is 431 g/mol. The van der Waals surface area contributed by atoms with Crippen LogP contribution in [-0.4, -0.2) is 36.7 Å². The summed E-state index contributed by atoms with van der Waals surface area (Å²) in [6.07, 6.45) is -0.0516. The van der Waals surface area contributed by atoms with Gasteiger partial charge >= 0.3 is 5.97 Å². The summed E-state index contributed by atoms with van der Waals surface area (Å²) in [6, 6.07) is 11.1. The predicted molar refractivity (Wildman–Crippen MR) is 113 cm³/mol. The molecule has 2 amide bonds. The maximum atomic E-state index is 12.3. The number of hydrogen-bond donors (Lipinski definition) is 1. The molecule has 1 atom stereocenters. The fourth-order valence-corrected chi connectivity index (χ4v) is 3.44. The van der Waals surface area contributed by atoms with E-state index in [0.29, 0.717) is 27.0 Å². The first-order valence-corrected chi connectivity index (χ1v) is 9.83. The lowest BCUT2D eigenvalue weighted by atomic mass is 10.1. The monoisotopic (exact) mass is 448 g/mol. The molecule has 1 N–H and O–H groups in total. The van der Waals surface area contributed by atoms with E-state index in [4.69, 9.17) is 27.9 Å². The molecule has 1 aliphatic heterocycles. The summed E-state index contributed by atoms with van der Waals surface area (Å²) in [7, 11) is 0. The first kappa shape index (κ1) is 21.8. The van der Waals surface area contributed by atoms with Gasteiger partial charge in [0.1, 0.15) is 0 Å². The Morgan fingerprint density at radius 2 is 1.93 bits per heavy atom. The van der Waals surface area contributed by atoms with Crippen LogP contribution in [-0.2, 0) is 19.1 Å². The number of nitrogens with zero attached hydrogens (tertiary/aromatic N) is 1. The van der Waals surface area contributed by atoms with Crippen LogP contribution in [0.15, 0.2) is 42.5 Å². The van der Waals surface area contributed by atoms with Gasteiger partial charge in [0.15, 0.2) is 12.4 Å². The molecule has 1 heterocycles. The SMILES string of the molecule is CC(=O)c1cccc(NC(=O)COC(=O)[C@@H]2CC(=O)N(c3cc(Cl)ccc3Cl)C2)c1. The largest absolute Gasteiger partial charge is 0.455 e. The van der Waals surface area contributed by atoms with E-state index < -0.39 is 24.4 Å². The van der Waals surface area contributed by atoms with Crippen molar-refractivity contribution in [1.29, 1.82) is 0 Å². The highest BCUT2D eigenvalue weighted by Gasteiger charge is 2.37. The van der Waals surface area contributed by atoms with Gasteiger partial charge in [-0.2, -0.15) is 0 Å². The molecule has 0 saturated carbocycles. The van der Waals surface area contributed by atoms with E-state index in [1.54, 1.807) is 36.4 Å². The second kappa shape index (κ2) is 9.28. The molecule has 7 nitrogen and oxygen atoms in total. The van der Waals surface area contributed by atoms with Crippen LogP contribution in [0.1, 0.15) is 23.7 Å². The van der Waals surface area contributed by atoms with Gasteiger partial charge in [0.25, 0.3) is 5.91 Å². The minimum absolute atomic E-state index is 0.0516. The van der Waals surface area contributed by atoms with Crippen LogP contribution in [0.5, 0.6) is 0 Å². The van der Waals surface area contributed by atoms with Gasteiger partial charge < -0.3 is 15.0 Å². The number of Topliss-reactive ketones (excluding diaryl/α,β-unsaturated/α-hetero) is 1. The van der Waals surface area contributed by atoms with Crippen LogP contribution in [0, 0.1) is 5.92 Å². The molecule has 156 valence electrons. The summed E-state index contributed by atoms with van der Waals surface area (Å²) < 4.78 is 5.07. The van der Waals surface area contributed by atoms with Gasteiger partial charge in [0.05, 0.1) is 16.6 Å². The zero-order chi connectivity index (χ0) is 21.8. The lowest BCUT2D eigenvalue weighted by molar-refractivity contribution is -0.151. The number of ketones is 1. The molecule has 0 aromatic heterocycles. The molecule has 0 unspecified atom stereocenters. The molecule has 0 bridgehead atoms. The van der Waals surface area contributed by atoms with Crippen molar-refractivity contribution in [2.75, 3.05) is 23.4 Å². The number of nitrogens with one attached hydrogen (secondary N) is 1. The number of rotatable bonds is 6. The topological polar surface area (TPSA) is 92.8 Å². The molecule has 1 saturated heterocycles. The van der Waals surface area contributed by atoms with Gasteiger partial charge in [-0.25, -0.2) is 0 Å². The van der Waals surface area contributed by atoms with E-state index in [1.165, 1.54) is 17.9 Å². The Labute approximate surface area is 182 Å². The molecule has 2 aromatic carbocycles. The van der Waals surface area contributed by atoms with Gasteiger partial charge in [-0.3, -0.25) is 19.2 Å². The quantitative estimate of drug-likeness (QED) is 0.536. The van der Waals surface area contributed by atoms with Gasteiger partial charge in [-0.1, -0.05) is 35.3 Å². The van der Waals surface area contributed by atoms with Crippen molar-refractivity contribution in [1.82, 2.24) is 0 Å². The minimum atomic E-state index is -0.721. The average Bonchev–Trinajstić information content (AvgIpc) is 3.09. The maximum Gasteiger partial charge on any atom is 0.311 e. The third kappa shape index (κ3) is 5.17. The fourth-order valence-electron chi connectivity index (χ4n) is 3.06. The Hall–Kier alpha value is -2.90. The summed E-state index contributed by atoms with van der Waals surface area (Å²) in [5, 5.41) is 3.32. The highest BCUT2D eigenvalue weighted by atomic mass is 35.5. The predicted octanol–water partition coefficient (Wildman–Crippen LogP) is 3.73. The van der Waals surface area contributed by atoms with Crippen LogP contribution in [0.3, 0.4) is 0 Å². The molecule has 0 radical (unpaired) electrons. The first-order valence-electron chi connectivity index (χ1n) is 9.07. The van der Waals surface area contributed by atoms with E-state index in [0.717, 1.165) is 0 Å². The average molecular weight is 449 g/mol. The molecule has 1 aliphatic rings.